The Morgan fingerprint density at radius 3 is 2.55 bits per heavy atom. The van der Waals surface area contributed by atoms with E-state index in [-0.39, 0.29) is 10.7 Å². The van der Waals surface area contributed by atoms with E-state index < -0.39 is 10.0 Å². The van der Waals surface area contributed by atoms with Crippen LogP contribution in [0.25, 0.3) is 4.72 Å². The first-order chi connectivity index (χ1) is 15.0. The second kappa shape index (κ2) is 10.4. The molecule has 3 rings (SSSR count). The lowest BCUT2D eigenvalue weighted by Gasteiger charge is -2.14. The van der Waals surface area contributed by atoms with E-state index >= 15 is 0 Å². The van der Waals surface area contributed by atoms with Crippen molar-refractivity contribution in [1.29, 1.82) is 0 Å². The maximum absolute atomic E-state index is 12.4. The fourth-order valence-corrected chi connectivity index (χ4v) is 3.52. The number of aromatic nitrogens is 1. The van der Waals surface area contributed by atoms with Gasteiger partial charge in [-0.05, 0) is 60.8 Å². The van der Waals surface area contributed by atoms with Crippen LogP contribution in [0.4, 0.5) is 11.5 Å². The molecule has 0 aliphatic heterocycles. The first kappa shape index (κ1) is 22.0. The van der Waals surface area contributed by atoms with E-state index in [1.54, 1.807) is 36.6 Å². The number of sulfonamides is 1. The fraction of sp³-hybridized carbons (Fsp3) is 0.130. The predicted molar refractivity (Wildman–Crippen MR) is 121 cm³/mol. The highest BCUT2D eigenvalue weighted by Crippen LogP contribution is 2.29. The Labute approximate surface area is 182 Å². The van der Waals surface area contributed by atoms with Gasteiger partial charge in [-0.1, -0.05) is 37.1 Å². The Morgan fingerprint density at radius 1 is 1.06 bits per heavy atom. The van der Waals surface area contributed by atoms with Gasteiger partial charge in [0.05, 0.1) is 17.2 Å². The molecule has 0 bridgehead atoms. The van der Waals surface area contributed by atoms with E-state index in [1.807, 2.05) is 25.1 Å². The highest BCUT2D eigenvalue weighted by Gasteiger charge is 2.09. The van der Waals surface area contributed by atoms with Crippen LogP contribution in [-0.4, -0.2) is 32.8 Å². The summed E-state index contributed by atoms with van der Waals surface area (Å²) >= 11 is 0. The summed E-state index contributed by atoms with van der Waals surface area (Å²) in [6, 6.07) is 16.5. The van der Waals surface area contributed by atoms with E-state index in [4.69, 9.17) is 9.47 Å². The van der Waals surface area contributed by atoms with Gasteiger partial charge in [-0.2, -0.15) is 0 Å². The molecule has 160 valence electrons. The molecule has 7 nitrogen and oxygen atoms in total. The number of ether oxygens (including phenoxy) is 2. The summed E-state index contributed by atoms with van der Waals surface area (Å²) in [5.41, 5.74) is 1.41. The van der Waals surface area contributed by atoms with Crippen molar-refractivity contribution in [3.8, 4) is 11.5 Å². The van der Waals surface area contributed by atoms with Crippen LogP contribution in [0, 0.1) is 0 Å². The van der Waals surface area contributed by atoms with Crippen molar-refractivity contribution in [3.05, 3.63) is 89.8 Å². The first-order valence-electron chi connectivity index (χ1n) is 9.55. The van der Waals surface area contributed by atoms with Gasteiger partial charge < -0.3 is 19.2 Å². The fourth-order valence-electron chi connectivity index (χ4n) is 2.58. The Bertz CT molecular complexity index is 1150. The number of hydrogen-bond donors (Lipinski definition) is 0. The Hall–Kier alpha value is -3.65. The zero-order valence-electron chi connectivity index (χ0n) is 17.0. The molecule has 3 aromatic rings. The van der Waals surface area contributed by atoms with Gasteiger partial charge in [0.15, 0.2) is 11.5 Å². The SMILES string of the molecule is C=CCOc1ccc(C=Nc2ccc(S(=O)(=O)[N-]c3ccccn3)cc2)cc1OCC. The Balaban J connectivity index is 1.73. The minimum Gasteiger partial charge on any atom is -0.490 e. The Morgan fingerprint density at radius 2 is 1.87 bits per heavy atom. The third kappa shape index (κ3) is 6.16. The van der Waals surface area contributed by atoms with E-state index in [1.165, 1.54) is 24.4 Å². The second-order valence-electron chi connectivity index (χ2n) is 6.25. The first-order valence-corrected chi connectivity index (χ1v) is 11.0. The van der Waals surface area contributed by atoms with Crippen LogP contribution in [-0.2, 0) is 10.0 Å². The zero-order valence-corrected chi connectivity index (χ0v) is 17.8. The van der Waals surface area contributed by atoms with Crippen molar-refractivity contribution >= 4 is 27.7 Å². The number of aliphatic imine (C=N–C) groups is 1. The molecule has 0 saturated carbocycles. The summed E-state index contributed by atoms with van der Waals surface area (Å²) in [7, 11) is -3.85. The minimum absolute atomic E-state index is 0.0689. The summed E-state index contributed by atoms with van der Waals surface area (Å²) in [4.78, 5) is 8.39. The quantitative estimate of drug-likeness (QED) is 0.322. The number of rotatable bonds is 10. The van der Waals surface area contributed by atoms with Crippen molar-refractivity contribution in [1.82, 2.24) is 4.98 Å². The molecule has 0 amide bonds. The van der Waals surface area contributed by atoms with E-state index in [2.05, 4.69) is 21.3 Å². The highest BCUT2D eigenvalue weighted by molar-refractivity contribution is 7.94. The van der Waals surface area contributed by atoms with Gasteiger partial charge in [-0.15, -0.1) is 0 Å². The largest absolute Gasteiger partial charge is 0.490 e. The van der Waals surface area contributed by atoms with Crippen LogP contribution < -0.4 is 9.47 Å². The number of hydrogen-bond acceptors (Lipinski definition) is 6. The molecule has 8 heteroatoms. The molecule has 0 radical (unpaired) electrons. The molecule has 0 atom stereocenters. The topological polar surface area (TPSA) is 92.0 Å². The molecule has 0 fully saturated rings. The smallest absolute Gasteiger partial charge is 0.202 e. The standard InChI is InChI=1S/C23H22N3O4S/c1-3-15-30-21-13-8-18(16-22(21)29-4-2)17-25-19-9-11-20(12-10-19)31(27,28)26-23-7-5-6-14-24-23/h3,5-14,16-17H,1,4,15H2,2H3/q-1. The molecule has 1 heterocycles. The molecule has 0 aliphatic rings. The van der Waals surface area contributed by atoms with E-state index in [0.717, 1.165) is 5.56 Å². The normalized spacial score (nSPS) is 11.3. The van der Waals surface area contributed by atoms with Gasteiger partial charge in [-0.3, -0.25) is 4.99 Å². The van der Waals surface area contributed by atoms with Crippen LogP contribution in [0.15, 0.2) is 89.4 Å². The third-order valence-electron chi connectivity index (χ3n) is 3.98. The molecule has 0 N–H and O–H groups in total. The summed E-state index contributed by atoms with van der Waals surface area (Å²) < 4.78 is 39.8. The van der Waals surface area contributed by atoms with Gasteiger partial charge >= 0.3 is 0 Å². The lowest BCUT2D eigenvalue weighted by Crippen LogP contribution is -1.99. The van der Waals surface area contributed by atoms with Crippen molar-refractivity contribution < 1.29 is 17.9 Å². The van der Waals surface area contributed by atoms with Crippen molar-refractivity contribution in [3.63, 3.8) is 0 Å². The molecular formula is C23H22N3O4S-. The molecular weight excluding hydrogens is 414 g/mol. The lowest BCUT2D eigenvalue weighted by atomic mass is 10.2. The second-order valence-corrected chi connectivity index (χ2v) is 7.85. The van der Waals surface area contributed by atoms with Crippen LogP contribution in [0.1, 0.15) is 12.5 Å². The third-order valence-corrected chi connectivity index (χ3v) is 5.28. The summed E-state index contributed by atoms with van der Waals surface area (Å²) in [6.07, 6.45) is 4.82. The van der Waals surface area contributed by atoms with Crippen LogP contribution in [0.3, 0.4) is 0 Å². The van der Waals surface area contributed by atoms with Gasteiger partial charge in [0.2, 0.25) is 10.0 Å². The van der Waals surface area contributed by atoms with Gasteiger partial charge in [0.1, 0.15) is 6.61 Å². The molecule has 1 aromatic heterocycles. The lowest BCUT2D eigenvalue weighted by molar-refractivity contribution is 0.297. The molecule has 2 aromatic carbocycles. The summed E-state index contributed by atoms with van der Waals surface area (Å²) in [5.74, 6) is 1.38. The number of pyridine rings is 1. The molecule has 0 aliphatic carbocycles. The number of nitrogens with zero attached hydrogens (tertiary/aromatic N) is 3. The summed E-state index contributed by atoms with van der Waals surface area (Å²) in [6.45, 7) is 6.43. The van der Waals surface area contributed by atoms with Crippen LogP contribution in [0.2, 0.25) is 0 Å². The Kier molecular flexibility index (Phi) is 7.40. The molecule has 0 unspecified atom stereocenters. The zero-order chi connectivity index (χ0) is 22.1. The van der Waals surface area contributed by atoms with Gasteiger partial charge in [-0.25, -0.2) is 8.42 Å². The summed E-state index contributed by atoms with van der Waals surface area (Å²) in [5, 5.41) is 0. The average molecular weight is 437 g/mol. The maximum Gasteiger partial charge on any atom is 0.202 e. The van der Waals surface area contributed by atoms with Gasteiger partial charge in [0.25, 0.3) is 0 Å². The predicted octanol–water partition coefficient (Wildman–Crippen LogP) is 5.19. The van der Waals surface area contributed by atoms with Crippen LogP contribution >= 0.6 is 0 Å². The average Bonchev–Trinajstić information content (AvgIpc) is 2.78. The van der Waals surface area contributed by atoms with E-state index in [9.17, 15) is 8.42 Å². The molecule has 0 spiro atoms. The maximum atomic E-state index is 12.4. The monoisotopic (exact) mass is 436 g/mol. The van der Waals surface area contributed by atoms with Crippen molar-refractivity contribution in [2.45, 2.75) is 11.8 Å². The minimum atomic E-state index is -3.85. The molecule has 0 saturated heterocycles. The van der Waals surface area contributed by atoms with Crippen molar-refractivity contribution in [2.75, 3.05) is 13.2 Å². The molecule has 31 heavy (non-hydrogen) atoms. The van der Waals surface area contributed by atoms with Crippen LogP contribution in [0.5, 0.6) is 11.5 Å². The van der Waals surface area contributed by atoms with E-state index in [0.29, 0.717) is 30.4 Å². The van der Waals surface area contributed by atoms with Crippen molar-refractivity contribution in [2.24, 2.45) is 4.99 Å². The highest BCUT2D eigenvalue weighted by atomic mass is 32.2. The van der Waals surface area contributed by atoms with Gasteiger partial charge in [0, 0.05) is 6.21 Å². The number of benzene rings is 2.